The Kier molecular flexibility index (Phi) is 7.42. The molecule has 134 valence electrons. The number of halogens is 1. The zero-order chi connectivity index (χ0) is 18.1. The highest BCUT2D eigenvalue weighted by Gasteiger charge is 2.12. The Morgan fingerprint density at radius 3 is 2.36 bits per heavy atom. The molecule has 2 aromatic rings. The zero-order valence-electron chi connectivity index (χ0n) is 13.4. The fourth-order valence-electron chi connectivity index (χ4n) is 1.96. The Hall–Kier alpha value is -1.90. The quantitative estimate of drug-likeness (QED) is 0.635. The van der Waals surface area contributed by atoms with Crippen molar-refractivity contribution in [3.8, 4) is 0 Å². The monoisotopic (exact) mass is 426 g/mol. The topological polar surface area (TPSA) is 84.5 Å². The standard InChI is InChI=1S/C17H19BrN2O4S/c18-15-7-9-16(10-8-15)25(22,23)20-12-4-11-19-17(21)24-13-14-5-2-1-3-6-14/h1-3,5-10,20H,4,11-13H2,(H,19,21). The molecule has 0 bridgehead atoms. The molecule has 0 spiro atoms. The largest absolute Gasteiger partial charge is 0.445 e. The highest BCUT2D eigenvalue weighted by Crippen LogP contribution is 2.14. The van der Waals surface area contributed by atoms with E-state index in [1.807, 2.05) is 30.3 Å². The minimum Gasteiger partial charge on any atom is -0.445 e. The summed E-state index contributed by atoms with van der Waals surface area (Å²) >= 11 is 3.26. The summed E-state index contributed by atoms with van der Waals surface area (Å²) in [6.07, 6.45) is -0.0736. The van der Waals surface area contributed by atoms with Crippen molar-refractivity contribution in [3.05, 3.63) is 64.6 Å². The molecule has 2 rings (SSSR count). The van der Waals surface area contributed by atoms with E-state index in [1.54, 1.807) is 12.1 Å². The van der Waals surface area contributed by atoms with Gasteiger partial charge in [0, 0.05) is 17.6 Å². The maximum Gasteiger partial charge on any atom is 0.407 e. The molecule has 0 unspecified atom stereocenters. The van der Waals surface area contributed by atoms with Gasteiger partial charge in [0.2, 0.25) is 10.0 Å². The molecule has 1 amide bonds. The molecule has 0 saturated carbocycles. The van der Waals surface area contributed by atoms with Crippen LogP contribution in [-0.2, 0) is 21.4 Å². The van der Waals surface area contributed by atoms with E-state index in [1.165, 1.54) is 12.1 Å². The molecule has 2 aromatic carbocycles. The van der Waals surface area contributed by atoms with Gasteiger partial charge < -0.3 is 10.1 Å². The molecule has 8 heteroatoms. The second kappa shape index (κ2) is 9.55. The van der Waals surface area contributed by atoms with Crippen LogP contribution in [0, 0.1) is 0 Å². The lowest BCUT2D eigenvalue weighted by Crippen LogP contribution is -2.30. The van der Waals surface area contributed by atoms with Crippen LogP contribution in [0.1, 0.15) is 12.0 Å². The van der Waals surface area contributed by atoms with E-state index >= 15 is 0 Å². The normalized spacial score (nSPS) is 11.1. The lowest BCUT2D eigenvalue weighted by Gasteiger charge is -2.08. The Labute approximate surface area is 155 Å². The first-order chi connectivity index (χ1) is 12.0. The maximum atomic E-state index is 12.1. The number of carbonyl (C=O) groups excluding carboxylic acids is 1. The van der Waals surface area contributed by atoms with E-state index < -0.39 is 16.1 Å². The fraction of sp³-hybridized carbons (Fsp3) is 0.235. The van der Waals surface area contributed by atoms with Gasteiger partial charge >= 0.3 is 6.09 Å². The number of nitrogens with one attached hydrogen (secondary N) is 2. The van der Waals surface area contributed by atoms with Crippen molar-refractivity contribution in [2.24, 2.45) is 0 Å². The van der Waals surface area contributed by atoms with Crippen LogP contribution < -0.4 is 10.0 Å². The number of amides is 1. The summed E-state index contributed by atoms with van der Waals surface area (Å²) in [6.45, 7) is 0.733. The summed E-state index contributed by atoms with van der Waals surface area (Å²) in [6, 6.07) is 15.7. The summed E-state index contributed by atoms with van der Waals surface area (Å²) in [4.78, 5) is 11.8. The van der Waals surface area contributed by atoms with Crippen LogP contribution in [0.5, 0.6) is 0 Å². The van der Waals surface area contributed by atoms with E-state index in [2.05, 4.69) is 26.0 Å². The number of carbonyl (C=O) groups is 1. The van der Waals surface area contributed by atoms with E-state index in [0.717, 1.165) is 10.0 Å². The fourth-order valence-corrected chi connectivity index (χ4v) is 3.30. The first-order valence-electron chi connectivity index (χ1n) is 7.67. The number of hydrogen-bond donors (Lipinski definition) is 2. The van der Waals surface area contributed by atoms with Crippen LogP contribution in [0.2, 0.25) is 0 Å². The summed E-state index contributed by atoms with van der Waals surface area (Å²) < 4.78 is 32.5. The zero-order valence-corrected chi connectivity index (χ0v) is 15.8. The van der Waals surface area contributed by atoms with Gasteiger partial charge in [-0.25, -0.2) is 17.9 Å². The highest BCUT2D eigenvalue weighted by atomic mass is 79.9. The second-order valence-corrected chi connectivity index (χ2v) is 7.88. The molecule has 0 aliphatic carbocycles. The van der Waals surface area contributed by atoms with Crippen LogP contribution in [0.4, 0.5) is 4.79 Å². The van der Waals surface area contributed by atoms with Crippen molar-refractivity contribution in [2.75, 3.05) is 13.1 Å². The molecule has 2 N–H and O–H groups in total. The number of sulfonamides is 1. The SMILES string of the molecule is O=C(NCCCNS(=O)(=O)c1ccc(Br)cc1)OCc1ccccc1. The van der Waals surface area contributed by atoms with E-state index in [4.69, 9.17) is 4.74 Å². The number of benzene rings is 2. The third kappa shape index (κ3) is 6.85. The van der Waals surface area contributed by atoms with Gasteiger partial charge in [0.1, 0.15) is 6.61 Å². The molecular weight excluding hydrogens is 408 g/mol. The molecule has 0 aromatic heterocycles. The highest BCUT2D eigenvalue weighted by molar-refractivity contribution is 9.10. The van der Waals surface area contributed by atoms with Gasteiger partial charge in [0.15, 0.2) is 0 Å². The van der Waals surface area contributed by atoms with E-state index in [-0.39, 0.29) is 18.0 Å². The molecule has 6 nitrogen and oxygen atoms in total. The van der Waals surface area contributed by atoms with Crippen molar-refractivity contribution >= 4 is 32.0 Å². The predicted octanol–water partition coefficient (Wildman–Crippen LogP) is 3.04. The molecule has 0 radical (unpaired) electrons. The average molecular weight is 427 g/mol. The molecule has 0 atom stereocenters. The van der Waals surface area contributed by atoms with Crippen LogP contribution in [-0.4, -0.2) is 27.6 Å². The van der Waals surface area contributed by atoms with Crippen molar-refractivity contribution in [2.45, 2.75) is 17.9 Å². The van der Waals surface area contributed by atoms with Crippen molar-refractivity contribution in [1.82, 2.24) is 10.0 Å². The van der Waals surface area contributed by atoms with Crippen molar-refractivity contribution in [3.63, 3.8) is 0 Å². The molecular formula is C17H19BrN2O4S. The Morgan fingerprint density at radius 1 is 1.00 bits per heavy atom. The summed E-state index contributed by atoms with van der Waals surface area (Å²) in [5.41, 5.74) is 0.903. The molecule has 0 aliphatic rings. The number of alkyl carbamates (subject to hydrolysis) is 1. The van der Waals surface area contributed by atoms with Gasteiger partial charge in [0.25, 0.3) is 0 Å². The van der Waals surface area contributed by atoms with Crippen LogP contribution >= 0.6 is 15.9 Å². The Morgan fingerprint density at radius 2 is 1.68 bits per heavy atom. The van der Waals surface area contributed by atoms with Gasteiger partial charge in [-0.3, -0.25) is 0 Å². The van der Waals surface area contributed by atoms with Crippen molar-refractivity contribution < 1.29 is 17.9 Å². The van der Waals surface area contributed by atoms with E-state index in [0.29, 0.717) is 13.0 Å². The van der Waals surface area contributed by atoms with Gasteiger partial charge in [-0.1, -0.05) is 46.3 Å². The average Bonchev–Trinajstić information content (AvgIpc) is 2.61. The first kappa shape index (κ1) is 19.4. The van der Waals surface area contributed by atoms with Crippen LogP contribution in [0.25, 0.3) is 0 Å². The minimum absolute atomic E-state index is 0.197. The third-order valence-corrected chi connectivity index (χ3v) is 5.26. The molecule has 0 aliphatic heterocycles. The second-order valence-electron chi connectivity index (χ2n) is 5.19. The Balaban J connectivity index is 1.64. The molecule has 0 fully saturated rings. The van der Waals surface area contributed by atoms with Gasteiger partial charge in [-0.2, -0.15) is 0 Å². The maximum absolute atomic E-state index is 12.1. The van der Waals surface area contributed by atoms with Gasteiger partial charge in [-0.15, -0.1) is 0 Å². The van der Waals surface area contributed by atoms with Crippen LogP contribution in [0.3, 0.4) is 0 Å². The number of ether oxygens (including phenoxy) is 1. The lowest BCUT2D eigenvalue weighted by atomic mass is 10.2. The molecule has 25 heavy (non-hydrogen) atoms. The number of hydrogen-bond acceptors (Lipinski definition) is 4. The van der Waals surface area contributed by atoms with Crippen LogP contribution in [0.15, 0.2) is 64.0 Å². The number of rotatable bonds is 8. The minimum atomic E-state index is -3.54. The summed E-state index contributed by atoms with van der Waals surface area (Å²) in [5, 5.41) is 2.58. The third-order valence-electron chi connectivity index (χ3n) is 3.25. The summed E-state index contributed by atoms with van der Waals surface area (Å²) in [7, 11) is -3.54. The smallest absolute Gasteiger partial charge is 0.407 e. The predicted molar refractivity (Wildman–Crippen MR) is 98.6 cm³/mol. The molecule has 0 heterocycles. The lowest BCUT2D eigenvalue weighted by molar-refractivity contribution is 0.139. The van der Waals surface area contributed by atoms with Gasteiger partial charge in [-0.05, 0) is 36.2 Å². The summed E-state index contributed by atoms with van der Waals surface area (Å²) in [5.74, 6) is 0. The van der Waals surface area contributed by atoms with Crippen molar-refractivity contribution in [1.29, 1.82) is 0 Å². The first-order valence-corrected chi connectivity index (χ1v) is 9.95. The molecule has 0 saturated heterocycles. The van der Waals surface area contributed by atoms with Gasteiger partial charge in [0.05, 0.1) is 4.90 Å². The van der Waals surface area contributed by atoms with E-state index in [9.17, 15) is 13.2 Å². The Bertz CT molecular complexity index is 780.